The fourth-order valence-corrected chi connectivity index (χ4v) is 1.22. The quantitative estimate of drug-likeness (QED) is 0.685. The maximum Gasteiger partial charge on any atom is 0.246 e. The van der Waals surface area contributed by atoms with Crippen molar-refractivity contribution < 1.29 is 14.3 Å². The van der Waals surface area contributed by atoms with Gasteiger partial charge in [-0.3, -0.25) is 4.79 Å². The Hall–Kier alpha value is -0.870. The van der Waals surface area contributed by atoms with Crippen LogP contribution in [0.15, 0.2) is 12.2 Å². The number of hydrogen-bond acceptors (Lipinski definition) is 3. The Morgan fingerprint density at radius 1 is 1.64 bits per heavy atom. The molecule has 14 heavy (non-hydrogen) atoms. The molecule has 4 nitrogen and oxygen atoms in total. The first-order valence-corrected chi connectivity index (χ1v) is 4.66. The normalized spacial score (nSPS) is 24.6. The van der Waals surface area contributed by atoms with Crippen LogP contribution in [0.25, 0.3) is 0 Å². The number of carbonyl (C=O) groups is 1. The molecule has 4 heteroatoms. The molecule has 80 valence electrons. The highest BCUT2D eigenvalue weighted by Gasteiger charge is 2.32. The highest BCUT2D eigenvalue weighted by atomic mass is 16.7. The molecule has 1 aliphatic rings. The molecule has 1 rings (SSSR count). The maximum atomic E-state index is 11.2. The highest BCUT2D eigenvalue weighted by molar-refractivity contribution is 5.92. The predicted molar refractivity (Wildman–Crippen MR) is 52.7 cm³/mol. The zero-order valence-corrected chi connectivity index (χ0v) is 8.92. The molecule has 1 unspecified atom stereocenters. The molecule has 0 aliphatic carbocycles. The van der Waals surface area contributed by atoms with Crippen LogP contribution in [0.1, 0.15) is 20.8 Å². The summed E-state index contributed by atoms with van der Waals surface area (Å²) in [4.78, 5) is 11.2. The third-order valence-electron chi connectivity index (χ3n) is 1.95. The fourth-order valence-electron chi connectivity index (χ4n) is 1.22. The summed E-state index contributed by atoms with van der Waals surface area (Å²) in [5, 5.41) is 2.72. The predicted octanol–water partition coefficient (Wildman–Crippen LogP) is 0.830. The molecular formula is C10H17NO3. The van der Waals surface area contributed by atoms with Crippen LogP contribution in [0.2, 0.25) is 0 Å². The van der Waals surface area contributed by atoms with Gasteiger partial charge < -0.3 is 14.8 Å². The highest BCUT2D eigenvalue weighted by Crippen LogP contribution is 2.21. The summed E-state index contributed by atoms with van der Waals surface area (Å²) >= 11 is 0. The van der Waals surface area contributed by atoms with Gasteiger partial charge in [-0.05, 0) is 20.8 Å². The molecule has 0 bridgehead atoms. The summed E-state index contributed by atoms with van der Waals surface area (Å²) in [5.74, 6) is -0.670. The Morgan fingerprint density at radius 2 is 2.29 bits per heavy atom. The Morgan fingerprint density at radius 3 is 2.71 bits per heavy atom. The van der Waals surface area contributed by atoms with Gasteiger partial charge in [-0.15, -0.1) is 0 Å². The van der Waals surface area contributed by atoms with E-state index >= 15 is 0 Å². The number of hydrogen-bond donors (Lipinski definition) is 1. The molecule has 1 fully saturated rings. The van der Waals surface area contributed by atoms with Crippen molar-refractivity contribution in [1.29, 1.82) is 0 Å². The average Bonchev–Trinajstić information content (AvgIpc) is 2.41. The van der Waals surface area contributed by atoms with Gasteiger partial charge in [0.15, 0.2) is 5.79 Å². The van der Waals surface area contributed by atoms with E-state index in [-0.39, 0.29) is 12.0 Å². The third-order valence-corrected chi connectivity index (χ3v) is 1.95. The molecule has 0 aromatic rings. The number of nitrogens with one attached hydrogen (secondary N) is 1. The molecule has 0 aromatic carbocycles. The van der Waals surface area contributed by atoms with E-state index in [1.807, 2.05) is 13.8 Å². The zero-order chi connectivity index (χ0) is 10.8. The van der Waals surface area contributed by atoms with Crippen LogP contribution in [-0.4, -0.2) is 30.9 Å². The van der Waals surface area contributed by atoms with Gasteiger partial charge >= 0.3 is 0 Å². The van der Waals surface area contributed by atoms with Crippen molar-refractivity contribution in [3.8, 4) is 0 Å². The Bertz CT molecular complexity index is 248. The fraction of sp³-hybridized carbons (Fsp3) is 0.700. The van der Waals surface area contributed by atoms with Crippen LogP contribution in [0.4, 0.5) is 0 Å². The maximum absolute atomic E-state index is 11.2. The van der Waals surface area contributed by atoms with Crippen molar-refractivity contribution in [2.24, 2.45) is 0 Å². The monoisotopic (exact) mass is 199 g/mol. The van der Waals surface area contributed by atoms with Crippen LogP contribution in [-0.2, 0) is 14.3 Å². The minimum atomic E-state index is -0.529. The smallest absolute Gasteiger partial charge is 0.246 e. The van der Waals surface area contributed by atoms with Gasteiger partial charge in [-0.1, -0.05) is 6.58 Å². The Labute approximate surface area is 84.3 Å². The lowest BCUT2D eigenvalue weighted by Crippen LogP contribution is -2.34. The summed E-state index contributed by atoms with van der Waals surface area (Å²) in [7, 11) is 0. The van der Waals surface area contributed by atoms with E-state index in [1.165, 1.54) is 0 Å². The molecule has 1 saturated heterocycles. The lowest BCUT2D eigenvalue weighted by molar-refractivity contribution is -0.139. The largest absolute Gasteiger partial charge is 0.350 e. The second kappa shape index (κ2) is 4.11. The molecule has 1 amide bonds. The summed E-state index contributed by atoms with van der Waals surface area (Å²) in [6.07, 6.45) is -0.0618. The molecule has 1 heterocycles. The number of amides is 1. The van der Waals surface area contributed by atoms with Crippen LogP contribution in [0.3, 0.4) is 0 Å². The summed E-state index contributed by atoms with van der Waals surface area (Å²) in [6, 6.07) is 0. The molecule has 1 atom stereocenters. The van der Waals surface area contributed by atoms with Crippen molar-refractivity contribution in [1.82, 2.24) is 5.32 Å². The van der Waals surface area contributed by atoms with Crippen LogP contribution in [0.5, 0.6) is 0 Å². The molecule has 1 aliphatic heterocycles. The van der Waals surface area contributed by atoms with Crippen molar-refractivity contribution >= 4 is 5.91 Å². The van der Waals surface area contributed by atoms with E-state index in [4.69, 9.17) is 9.47 Å². The van der Waals surface area contributed by atoms with E-state index in [0.29, 0.717) is 18.7 Å². The number of ether oxygens (including phenoxy) is 2. The van der Waals surface area contributed by atoms with E-state index in [1.54, 1.807) is 6.92 Å². The summed E-state index contributed by atoms with van der Waals surface area (Å²) in [5.41, 5.74) is 0.503. The van der Waals surface area contributed by atoms with Gasteiger partial charge in [0.1, 0.15) is 6.10 Å². The molecular weight excluding hydrogens is 182 g/mol. The average molecular weight is 199 g/mol. The van der Waals surface area contributed by atoms with E-state index in [9.17, 15) is 4.79 Å². The summed E-state index contributed by atoms with van der Waals surface area (Å²) in [6.45, 7) is 9.91. The van der Waals surface area contributed by atoms with Crippen molar-refractivity contribution in [3.05, 3.63) is 12.2 Å². The Kier molecular flexibility index (Phi) is 3.29. The van der Waals surface area contributed by atoms with Crippen molar-refractivity contribution in [3.63, 3.8) is 0 Å². The van der Waals surface area contributed by atoms with E-state index < -0.39 is 5.79 Å². The second-order valence-electron chi connectivity index (χ2n) is 3.94. The van der Waals surface area contributed by atoms with Crippen molar-refractivity contribution in [2.75, 3.05) is 13.2 Å². The standard InChI is InChI=1S/C10H17NO3/c1-7(2)9(12)11-5-8-6-13-10(3,4)14-8/h8H,1,5-6H2,2-4H3,(H,11,12). The molecule has 0 aromatic heterocycles. The number of carbonyl (C=O) groups excluding carboxylic acids is 1. The molecule has 1 N–H and O–H groups in total. The van der Waals surface area contributed by atoms with Crippen LogP contribution >= 0.6 is 0 Å². The van der Waals surface area contributed by atoms with Gasteiger partial charge in [0.25, 0.3) is 0 Å². The van der Waals surface area contributed by atoms with Crippen LogP contribution in [0, 0.1) is 0 Å². The second-order valence-corrected chi connectivity index (χ2v) is 3.94. The third kappa shape index (κ3) is 3.12. The first kappa shape index (κ1) is 11.2. The van der Waals surface area contributed by atoms with E-state index in [0.717, 1.165) is 0 Å². The van der Waals surface area contributed by atoms with E-state index in [2.05, 4.69) is 11.9 Å². The number of rotatable bonds is 3. The molecule has 0 saturated carbocycles. The molecule has 0 spiro atoms. The molecule has 0 radical (unpaired) electrons. The first-order chi connectivity index (χ1) is 6.41. The van der Waals surface area contributed by atoms with Gasteiger partial charge in [-0.2, -0.15) is 0 Å². The Balaban J connectivity index is 2.27. The lowest BCUT2D eigenvalue weighted by Gasteiger charge is -2.17. The van der Waals surface area contributed by atoms with Crippen molar-refractivity contribution in [2.45, 2.75) is 32.7 Å². The van der Waals surface area contributed by atoms with Gasteiger partial charge in [-0.25, -0.2) is 0 Å². The topological polar surface area (TPSA) is 47.6 Å². The van der Waals surface area contributed by atoms with Gasteiger partial charge in [0, 0.05) is 12.1 Å². The SMILES string of the molecule is C=C(C)C(=O)NCC1COC(C)(C)O1. The van der Waals surface area contributed by atoms with Gasteiger partial charge in [0.2, 0.25) is 5.91 Å². The summed E-state index contributed by atoms with van der Waals surface area (Å²) < 4.78 is 10.9. The minimum absolute atomic E-state index is 0.0618. The lowest BCUT2D eigenvalue weighted by atomic mass is 10.3. The van der Waals surface area contributed by atoms with Gasteiger partial charge in [0.05, 0.1) is 6.61 Å². The minimum Gasteiger partial charge on any atom is -0.350 e. The first-order valence-electron chi connectivity index (χ1n) is 4.66. The zero-order valence-electron chi connectivity index (χ0n) is 8.92. The van der Waals surface area contributed by atoms with Crippen LogP contribution < -0.4 is 5.32 Å².